The SMILES string of the molecule is CC(C)S(=O)(=O)N(C)CCC(C)(C)C(=O)N1CCCC1. The lowest BCUT2D eigenvalue weighted by atomic mass is 9.87. The van der Waals surface area contributed by atoms with E-state index in [9.17, 15) is 13.2 Å². The summed E-state index contributed by atoms with van der Waals surface area (Å²) >= 11 is 0. The molecule has 0 bridgehead atoms. The molecule has 0 aromatic rings. The van der Waals surface area contributed by atoms with Gasteiger partial charge in [0, 0.05) is 32.1 Å². The van der Waals surface area contributed by atoms with Crippen molar-refractivity contribution in [2.45, 2.75) is 52.2 Å². The number of carbonyl (C=O) groups excluding carboxylic acids is 1. The van der Waals surface area contributed by atoms with Crippen molar-refractivity contribution < 1.29 is 13.2 Å². The molecule has 6 heteroatoms. The molecule has 0 N–H and O–H groups in total. The molecule has 0 aromatic heterocycles. The van der Waals surface area contributed by atoms with Gasteiger partial charge in [-0.25, -0.2) is 12.7 Å². The van der Waals surface area contributed by atoms with Crippen molar-refractivity contribution in [3.05, 3.63) is 0 Å². The molecule has 0 atom stereocenters. The molecule has 118 valence electrons. The van der Waals surface area contributed by atoms with Crippen molar-refractivity contribution in [1.82, 2.24) is 9.21 Å². The standard InChI is InChI=1S/C14H28N2O3S/c1-12(2)20(18,19)15(5)11-8-14(3,4)13(17)16-9-6-7-10-16/h12H,6-11H2,1-5H3. The van der Waals surface area contributed by atoms with Crippen molar-refractivity contribution in [3.63, 3.8) is 0 Å². The van der Waals surface area contributed by atoms with Gasteiger partial charge >= 0.3 is 0 Å². The van der Waals surface area contributed by atoms with Gasteiger partial charge in [0.15, 0.2) is 0 Å². The van der Waals surface area contributed by atoms with Crippen LogP contribution < -0.4 is 0 Å². The smallest absolute Gasteiger partial charge is 0.228 e. The molecule has 0 saturated carbocycles. The number of hydrogen-bond donors (Lipinski definition) is 0. The van der Waals surface area contributed by atoms with Gasteiger partial charge < -0.3 is 4.90 Å². The van der Waals surface area contributed by atoms with Crippen LogP contribution >= 0.6 is 0 Å². The second-order valence-electron chi connectivity index (χ2n) is 6.55. The lowest BCUT2D eigenvalue weighted by Gasteiger charge is -2.31. The zero-order valence-electron chi connectivity index (χ0n) is 13.3. The van der Waals surface area contributed by atoms with Crippen molar-refractivity contribution in [2.75, 3.05) is 26.7 Å². The first-order valence-electron chi connectivity index (χ1n) is 7.33. The molecule has 0 aliphatic carbocycles. The highest BCUT2D eigenvalue weighted by Gasteiger charge is 2.34. The largest absolute Gasteiger partial charge is 0.342 e. The Labute approximate surface area is 123 Å². The van der Waals surface area contributed by atoms with Crippen LogP contribution in [0.2, 0.25) is 0 Å². The van der Waals surface area contributed by atoms with E-state index >= 15 is 0 Å². The highest BCUT2D eigenvalue weighted by Crippen LogP contribution is 2.26. The van der Waals surface area contributed by atoms with Gasteiger partial charge in [-0.2, -0.15) is 0 Å². The van der Waals surface area contributed by atoms with Crippen LogP contribution in [0.3, 0.4) is 0 Å². The molecule has 0 spiro atoms. The number of carbonyl (C=O) groups is 1. The summed E-state index contributed by atoms with van der Waals surface area (Å²) in [5.41, 5.74) is -0.509. The number of likely N-dealkylation sites (tertiary alicyclic amines) is 1. The first-order valence-corrected chi connectivity index (χ1v) is 8.84. The van der Waals surface area contributed by atoms with E-state index in [1.807, 2.05) is 18.7 Å². The molecule has 5 nitrogen and oxygen atoms in total. The minimum Gasteiger partial charge on any atom is -0.342 e. The molecule has 20 heavy (non-hydrogen) atoms. The summed E-state index contributed by atoms with van der Waals surface area (Å²) in [5.74, 6) is 0.144. The second-order valence-corrected chi connectivity index (χ2v) is 9.14. The summed E-state index contributed by atoms with van der Waals surface area (Å²) in [5, 5.41) is -0.426. The highest BCUT2D eigenvalue weighted by atomic mass is 32.2. The quantitative estimate of drug-likeness (QED) is 0.750. The van der Waals surface area contributed by atoms with Crippen LogP contribution in [-0.2, 0) is 14.8 Å². The van der Waals surface area contributed by atoms with E-state index in [2.05, 4.69) is 0 Å². The predicted octanol–water partition coefficient (Wildman–Crippen LogP) is 1.70. The summed E-state index contributed by atoms with van der Waals surface area (Å²) in [6, 6.07) is 0. The monoisotopic (exact) mass is 304 g/mol. The Hall–Kier alpha value is -0.620. The van der Waals surface area contributed by atoms with Gasteiger partial charge in [0.25, 0.3) is 0 Å². The Bertz CT molecular complexity index is 437. The average molecular weight is 304 g/mol. The Kier molecular flexibility index (Phi) is 5.61. The number of rotatable bonds is 6. The van der Waals surface area contributed by atoms with E-state index in [1.54, 1.807) is 20.9 Å². The molecular formula is C14H28N2O3S. The van der Waals surface area contributed by atoms with Crippen LogP contribution in [0, 0.1) is 5.41 Å². The molecule has 0 radical (unpaired) electrons. The summed E-state index contributed by atoms with van der Waals surface area (Å²) in [6.45, 7) is 9.21. The third-order valence-corrected chi connectivity index (χ3v) is 6.30. The van der Waals surface area contributed by atoms with Gasteiger partial charge in [-0.05, 0) is 33.1 Å². The minimum absolute atomic E-state index is 0.144. The fourth-order valence-corrected chi connectivity index (χ4v) is 3.44. The van der Waals surface area contributed by atoms with Crippen LogP contribution in [0.15, 0.2) is 0 Å². The minimum atomic E-state index is -3.24. The average Bonchev–Trinajstić information content (AvgIpc) is 2.88. The molecule has 1 heterocycles. The van der Waals surface area contributed by atoms with E-state index in [-0.39, 0.29) is 5.91 Å². The van der Waals surface area contributed by atoms with Crippen molar-refractivity contribution >= 4 is 15.9 Å². The Morgan fingerprint density at radius 2 is 1.75 bits per heavy atom. The third kappa shape index (κ3) is 3.95. The molecule has 1 aliphatic heterocycles. The van der Waals surface area contributed by atoms with E-state index in [4.69, 9.17) is 0 Å². The molecular weight excluding hydrogens is 276 g/mol. The first-order chi connectivity index (χ1) is 9.09. The van der Waals surface area contributed by atoms with E-state index in [1.165, 1.54) is 4.31 Å². The van der Waals surface area contributed by atoms with Crippen LogP contribution in [0.1, 0.15) is 47.0 Å². The topological polar surface area (TPSA) is 57.7 Å². The number of nitrogens with zero attached hydrogens (tertiary/aromatic N) is 2. The predicted molar refractivity (Wildman–Crippen MR) is 80.9 cm³/mol. The van der Waals surface area contributed by atoms with Crippen molar-refractivity contribution in [2.24, 2.45) is 5.41 Å². The molecule has 1 aliphatic rings. The maximum absolute atomic E-state index is 12.4. The van der Waals surface area contributed by atoms with Gasteiger partial charge in [0.2, 0.25) is 15.9 Å². The van der Waals surface area contributed by atoms with Crippen molar-refractivity contribution in [3.8, 4) is 0 Å². The lowest BCUT2D eigenvalue weighted by Crippen LogP contribution is -2.42. The summed E-state index contributed by atoms with van der Waals surface area (Å²) in [7, 11) is -1.65. The van der Waals surface area contributed by atoms with Crippen LogP contribution in [0.4, 0.5) is 0 Å². The van der Waals surface area contributed by atoms with E-state index in [0.717, 1.165) is 25.9 Å². The molecule has 1 amide bonds. The van der Waals surface area contributed by atoms with Gasteiger partial charge in [0.05, 0.1) is 5.25 Å². The molecule has 0 aromatic carbocycles. The number of amides is 1. The van der Waals surface area contributed by atoms with Crippen molar-refractivity contribution in [1.29, 1.82) is 0 Å². The zero-order chi connectivity index (χ0) is 15.6. The highest BCUT2D eigenvalue weighted by molar-refractivity contribution is 7.89. The number of sulfonamides is 1. The normalized spacial score (nSPS) is 17.2. The fourth-order valence-electron chi connectivity index (χ4n) is 2.38. The molecule has 1 saturated heterocycles. The maximum atomic E-state index is 12.4. The Morgan fingerprint density at radius 1 is 1.25 bits per heavy atom. The van der Waals surface area contributed by atoms with Gasteiger partial charge in [-0.3, -0.25) is 4.79 Å². The lowest BCUT2D eigenvalue weighted by molar-refractivity contribution is -0.139. The maximum Gasteiger partial charge on any atom is 0.228 e. The Balaban J connectivity index is 2.61. The molecule has 0 unspecified atom stereocenters. The van der Waals surface area contributed by atoms with Gasteiger partial charge in [-0.1, -0.05) is 13.8 Å². The molecule has 1 rings (SSSR count). The van der Waals surface area contributed by atoms with Gasteiger partial charge in [0.1, 0.15) is 0 Å². The summed E-state index contributed by atoms with van der Waals surface area (Å²) in [4.78, 5) is 14.3. The van der Waals surface area contributed by atoms with E-state index < -0.39 is 20.7 Å². The third-order valence-electron chi connectivity index (χ3n) is 4.05. The van der Waals surface area contributed by atoms with Crippen LogP contribution in [-0.4, -0.2) is 55.5 Å². The zero-order valence-corrected chi connectivity index (χ0v) is 14.2. The number of hydrogen-bond acceptors (Lipinski definition) is 3. The van der Waals surface area contributed by atoms with Gasteiger partial charge in [-0.15, -0.1) is 0 Å². The first kappa shape index (κ1) is 17.4. The Morgan fingerprint density at radius 3 is 2.20 bits per heavy atom. The summed E-state index contributed by atoms with van der Waals surface area (Å²) < 4.78 is 25.4. The fraction of sp³-hybridized carbons (Fsp3) is 0.929. The molecule has 1 fully saturated rings. The second kappa shape index (κ2) is 6.43. The van der Waals surface area contributed by atoms with E-state index in [0.29, 0.717) is 13.0 Å². The van der Waals surface area contributed by atoms with Crippen LogP contribution in [0.25, 0.3) is 0 Å². The summed E-state index contributed by atoms with van der Waals surface area (Å²) in [6.07, 6.45) is 2.69. The van der Waals surface area contributed by atoms with Crippen LogP contribution in [0.5, 0.6) is 0 Å².